The third kappa shape index (κ3) is 6.38. The molecule has 0 saturated carbocycles. The van der Waals surface area contributed by atoms with Crippen LogP contribution in [0, 0.1) is 0 Å². The number of hydrogen-bond donors (Lipinski definition) is 2. The molecule has 1 saturated heterocycles. The first-order valence-electron chi connectivity index (χ1n) is 10.7. The highest BCUT2D eigenvalue weighted by molar-refractivity contribution is 5.79. The minimum atomic E-state index is 0.316. The Morgan fingerprint density at radius 3 is 2.46 bits per heavy atom. The van der Waals surface area contributed by atoms with Crippen molar-refractivity contribution in [3.8, 4) is 5.75 Å². The molecule has 2 rings (SSSR count). The normalized spacial score (nSPS) is 17.6. The van der Waals surface area contributed by atoms with Gasteiger partial charge in [0.1, 0.15) is 5.75 Å². The van der Waals surface area contributed by atoms with Crippen LogP contribution in [0.25, 0.3) is 0 Å². The van der Waals surface area contributed by atoms with Crippen LogP contribution >= 0.6 is 0 Å². The van der Waals surface area contributed by atoms with Gasteiger partial charge in [-0.3, -0.25) is 14.8 Å². The quantitative estimate of drug-likeness (QED) is 0.476. The number of hydrogen-bond acceptors (Lipinski definition) is 4. The first-order chi connectivity index (χ1) is 13.6. The molecule has 0 aromatic heterocycles. The topological polar surface area (TPSA) is 52.1 Å². The van der Waals surface area contributed by atoms with Crippen LogP contribution in [-0.2, 0) is 0 Å². The summed E-state index contributed by atoms with van der Waals surface area (Å²) in [5.41, 5.74) is 1.29. The van der Waals surface area contributed by atoms with Crippen LogP contribution < -0.4 is 15.4 Å². The number of aliphatic imine (C=N–C) groups is 1. The fourth-order valence-corrected chi connectivity index (χ4v) is 3.99. The third-order valence-electron chi connectivity index (χ3n) is 5.75. The van der Waals surface area contributed by atoms with Gasteiger partial charge in [0.05, 0.1) is 13.2 Å². The van der Waals surface area contributed by atoms with Crippen LogP contribution in [0.1, 0.15) is 45.2 Å². The van der Waals surface area contributed by atoms with E-state index in [1.54, 1.807) is 7.11 Å². The second-order valence-electron chi connectivity index (χ2n) is 7.44. The molecule has 0 bridgehead atoms. The van der Waals surface area contributed by atoms with Crippen molar-refractivity contribution in [3.63, 3.8) is 0 Å². The van der Waals surface area contributed by atoms with Crippen LogP contribution in [0.5, 0.6) is 5.75 Å². The SMILES string of the molecule is CCN(CC)C(C)CNC(=NC)NCC(c1cccc(OC)c1)N1CCCC1. The molecule has 1 aliphatic rings. The van der Waals surface area contributed by atoms with Gasteiger partial charge in [0.25, 0.3) is 0 Å². The van der Waals surface area contributed by atoms with E-state index in [0.29, 0.717) is 12.1 Å². The molecule has 2 N–H and O–H groups in total. The first-order valence-corrected chi connectivity index (χ1v) is 10.7. The van der Waals surface area contributed by atoms with E-state index in [-0.39, 0.29) is 0 Å². The summed E-state index contributed by atoms with van der Waals surface area (Å²) in [6, 6.07) is 9.23. The Morgan fingerprint density at radius 2 is 1.86 bits per heavy atom. The van der Waals surface area contributed by atoms with Gasteiger partial charge in [-0.15, -0.1) is 0 Å². The minimum Gasteiger partial charge on any atom is -0.497 e. The van der Waals surface area contributed by atoms with Crippen molar-refractivity contribution in [2.24, 2.45) is 4.99 Å². The molecule has 6 heteroatoms. The van der Waals surface area contributed by atoms with Gasteiger partial charge in [0.2, 0.25) is 0 Å². The number of methoxy groups -OCH3 is 1. The van der Waals surface area contributed by atoms with Gasteiger partial charge in [-0.1, -0.05) is 26.0 Å². The molecule has 28 heavy (non-hydrogen) atoms. The van der Waals surface area contributed by atoms with Gasteiger partial charge in [0, 0.05) is 26.2 Å². The lowest BCUT2D eigenvalue weighted by Gasteiger charge is -2.30. The first kappa shape index (κ1) is 22.5. The van der Waals surface area contributed by atoms with Crippen LogP contribution in [0.2, 0.25) is 0 Å². The molecule has 158 valence electrons. The lowest BCUT2D eigenvalue weighted by atomic mass is 10.1. The van der Waals surface area contributed by atoms with Gasteiger partial charge in [-0.2, -0.15) is 0 Å². The Morgan fingerprint density at radius 1 is 1.18 bits per heavy atom. The zero-order valence-corrected chi connectivity index (χ0v) is 18.4. The van der Waals surface area contributed by atoms with E-state index < -0.39 is 0 Å². The molecule has 2 atom stereocenters. The van der Waals surface area contributed by atoms with E-state index in [0.717, 1.165) is 51.0 Å². The highest BCUT2D eigenvalue weighted by atomic mass is 16.5. The van der Waals surface area contributed by atoms with Crippen LogP contribution in [-0.4, -0.2) is 75.2 Å². The fraction of sp³-hybridized carbons (Fsp3) is 0.682. The van der Waals surface area contributed by atoms with Gasteiger partial charge < -0.3 is 15.4 Å². The van der Waals surface area contributed by atoms with E-state index in [9.17, 15) is 0 Å². The van der Waals surface area contributed by atoms with E-state index in [1.165, 1.54) is 18.4 Å². The second-order valence-corrected chi connectivity index (χ2v) is 7.44. The molecule has 1 fully saturated rings. The summed E-state index contributed by atoms with van der Waals surface area (Å²) in [7, 11) is 3.57. The van der Waals surface area contributed by atoms with Crippen molar-refractivity contribution >= 4 is 5.96 Å². The summed E-state index contributed by atoms with van der Waals surface area (Å²) in [5.74, 6) is 1.78. The Balaban J connectivity index is 1.99. The lowest BCUT2D eigenvalue weighted by Crippen LogP contribution is -2.47. The summed E-state index contributed by atoms with van der Waals surface area (Å²) < 4.78 is 5.44. The standard InChI is InChI=1S/C22H39N5O/c1-6-26(7-2)18(3)16-24-22(23-4)25-17-21(27-13-8-9-14-27)19-11-10-12-20(15-19)28-5/h10-12,15,18,21H,6-9,13-14,16-17H2,1-5H3,(H2,23,24,25). The Hall–Kier alpha value is -1.79. The summed E-state index contributed by atoms with van der Waals surface area (Å²) in [4.78, 5) is 9.44. The average Bonchev–Trinajstić information content (AvgIpc) is 3.26. The van der Waals surface area contributed by atoms with Crippen molar-refractivity contribution in [3.05, 3.63) is 29.8 Å². The smallest absolute Gasteiger partial charge is 0.191 e. The molecule has 1 heterocycles. The molecule has 0 amide bonds. The number of nitrogens with zero attached hydrogens (tertiary/aromatic N) is 3. The summed E-state index contributed by atoms with van der Waals surface area (Å²) >= 11 is 0. The molecule has 0 spiro atoms. The van der Waals surface area contributed by atoms with Gasteiger partial charge >= 0.3 is 0 Å². The molecule has 0 aliphatic carbocycles. The third-order valence-corrected chi connectivity index (χ3v) is 5.75. The highest BCUT2D eigenvalue weighted by Gasteiger charge is 2.24. The Bertz CT molecular complexity index is 596. The minimum absolute atomic E-state index is 0.316. The van der Waals surface area contributed by atoms with Crippen molar-refractivity contribution < 1.29 is 4.74 Å². The number of likely N-dealkylation sites (tertiary alicyclic amines) is 1. The highest BCUT2D eigenvalue weighted by Crippen LogP contribution is 2.27. The monoisotopic (exact) mass is 389 g/mol. The second kappa shape index (κ2) is 11.9. The molecule has 2 unspecified atom stereocenters. The summed E-state index contributed by atoms with van der Waals surface area (Å²) in [6.07, 6.45) is 2.55. The van der Waals surface area contributed by atoms with Gasteiger partial charge in [0.15, 0.2) is 5.96 Å². The van der Waals surface area contributed by atoms with E-state index in [1.807, 2.05) is 13.1 Å². The molecule has 1 aromatic carbocycles. The van der Waals surface area contributed by atoms with E-state index in [4.69, 9.17) is 4.74 Å². The van der Waals surface area contributed by atoms with Gasteiger partial charge in [-0.25, -0.2) is 0 Å². The van der Waals surface area contributed by atoms with Crippen molar-refractivity contribution in [1.82, 2.24) is 20.4 Å². The van der Waals surface area contributed by atoms with Crippen LogP contribution in [0.3, 0.4) is 0 Å². The maximum atomic E-state index is 5.44. The number of rotatable bonds is 10. The molecule has 0 radical (unpaired) electrons. The fourth-order valence-electron chi connectivity index (χ4n) is 3.99. The largest absolute Gasteiger partial charge is 0.497 e. The zero-order chi connectivity index (χ0) is 20.4. The number of ether oxygens (including phenoxy) is 1. The molecule has 6 nitrogen and oxygen atoms in total. The maximum Gasteiger partial charge on any atom is 0.191 e. The predicted molar refractivity (Wildman–Crippen MR) is 118 cm³/mol. The Kier molecular flexibility index (Phi) is 9.58. The average molecular weight is 390 g/mol. The number of benzene rings is 1. The van der Waals surface area contributed by atoms with Crippen molar-refractivity contribution in [2.45, 2.75) is 45.7 Å². The number of likely N-dealkylation sites (N-methyl/N-ethyl adjacent to an activating group) is 1. The molecular formula is C22H39N5O. The molecule has 1 aromatic rings. The van der Waals surface area contributed by atoms with Crippen LogP contribution in [0.15, 0.2) is 29.3 Å². The predicted octanol–water partition coefficient (Wildman–Crippen LogP) is 2.73. The zero-order valence-electron chi connectivity index (χ0n) is 18.4. The van der Waals surface area contributed by atoms with E-state index in [2.05, 4.69) is 64.4 Å². The van der Waals surface area contributed by atoms with Gasteiger partial charge in [-0.05, 0) is 63.6 Å². The van der Waals surface area contributed by atoms with Crippen molar-refractivity contribution in [1.29, 1.82) is 0 Å². The lowest BCUT2D eigenvalue weighted by molar-refractivity contribution is 0.230. The van der Waals surface area contributed by atoms with Crippen LogP contribution in [0.4, 0.5) is 0 Å². The maximum absolute atomic E-state index is 5.44. The number of guanidine groups is 1. The van der Waals surface area contributed by atoms with Crippen molar-refractivity contribution in [2.75, 3.05) is 53.4 Å². The summed E-state index contributed by atoms with van der Waals surface area (Å²) in [6.45, 7) is 12.8. The number of nitrogens with one attached hydrogen (secondary N) is 2. The molecule has 1 aliphatic heterocycles. The Labute approximate surface area is 171 Å². The summed E-state index contributed by atoms with van der Waals surface area (Å²) in [5, 5.41) is 7.04. The van der Waals surface area contributed by atoms with E-state index >= 15 is 0 Å². The molecular weight excluding hydrogens is 350 g/mol.